The first-order valence-corrected chi connectivity index (χ1v) is 8.62. The molecule has 26 heavy (non-hydrogen) atoms. The number of rotatable bonds is 5. The zero-order chi connectivity index (χ0) is 18.4. The van der Waals surface area contributed by atoms with Gasteiger partial charge in [0, 0.05) is 11.8 Å². The molecule has 0 saturated heterocycles. The number of nitrogens with one attached hydrogen (secondary N) is 1. The van der Waals surface area contributed by atoms with Crippen LogP contribution in [-0.4, -0.2) is 25.1 Å². The van der Waals surface area contributed by atoms with Gasteiger partial charge in [-0.1, -0.05) is 30.3 Å². The van der Waals surface area contributed by atoms with Crippen LogP contribution in [0.5, 0.6) is 5.75 Å². The van der Waals surface area contributed by atoms with Crippen molar-refractivity contribution in [1.82, 2.24) is 0 Å². The Balaban J connectivity index is 1.57. The highest BCUT2D eigenvalue weighted by Crippen LogP contribution is 2.27. The highest BCUT2D eigenvalue weighted by Gasteiger charge is 2.25. The number of ether oxygens (including phenoxy) is 2. The van der Waals surface area contributed by atoms with Gasteiger partial charge in [-0.25, -0.2) is 4.79 Å². The third kappa shape index (κ3) is 4.51. The van der Waals surface area contributed by atoms with E-state index in [1.807, 2.05) is 36.4 Å². The maximum atomic E-state index is 12.5. The van der Waals surface area contributed by atoms with E-state index in [0.717, 1.165) is 16.9 Å². The molecule has 5 heteroatoms. The molecule has 1 aliphatic rings. The number of para-hydroxylation sites is 1. The van der Waals surface area contributed by atoms with E-state index in [9.17, 15) is 9.59 Å². The van der Waals surface area contributed by atoms with Crippen molar-refractivity contribution in [1.29, 1.82) is 0 Å². The van der Waals surface area contributed by atoms with E-state index in [0.29, 0.717) is 25.3 Å². The van der Waals surface area contributed by atoms with Crippen LogP contribution < -0.4 is 10.1 Å². The summed E-state index contributed by atoms with van der Waals surface area (Å²) in [4.78, 5) is 23.8. The molecule has 0 radical (unpaired) electrons. The van der Waals surface area contributed by atoms with Crippen LogP contribution in [0.3, 0.4) is 0 Å². The first-order valence-electron chi connectivity index (χ1n) is 8.62. The quantitative estimate of drug-likeness (QED) is 0.662. The van der Waals surface area contributed by atoms with Gasteiger partial charge in [0.15, 0.2) is 0 Å². The van der Waals surface area contributed by atoms with E-state index in [1.165, 1.54) is 6.08 Å². The normalized spacial score (nSPS) is 15.8. The van der Waals surface area contributed by atoms with E-state index in [4.69, 9.17) is 9.47 Å². The van der Waals surface area contributed by atoms with Crippen molar-refractivity contribution in [3.63, 3.8) is 0 Å². The number of hydrogen-bond acceptors (Lipinski definition) is 4. The second-order valence-corrected chi connectivity index (χ2v) is 6.02. The molecule has 1 N–H and O–H groups in total. The second kappa shape index (κ2) is 8.34. The van der Waals surface area contributed by atoms with Crippen LogP contribution in [0.15, 0.2) is 54.6 Å². The molecule has 1 unspecified atom stereocenters. The van der Waals surface area contributed by atoms with Crippen molar-refractivity contribution < 1.29 is 19.1 Å². The molecule has 0 aromatic heterocycles. The maximum Gasteiger partial charge on any atom is 0.330 e. The Labute approximate surface area is 152 Å². The highest BCUT2D eigenvalue weighted by molar-refractivity contribution is 5.93. The van der Waals surface area contributed by atoms with Crippen molar-refractivity contribution in [3.05, 3.63) is 65.7 Å². The molecule has 2 aromatic rings. The summed E-state index contributed by atoms with van der Waals surface area (Å²) in [7, 11) is 0. The predicted molar refractivity (Wildman–Crippen MR) is 99.9 cm³/mol. The van der Waals surface area contributed by atoms with Crippen LogP contribution in [0.4, 0.5) is 5.69 Å². The minimum absolute atomic E-state index is 0.0608. The lowest BCUT2D eigenvalue weighted by Crippen LogP contribution is -2.32. The summed E-state index contributed by atoms with van der Waals surface area (Å²) in [6.45, 7) is 2.49. The third-order valence-electron chi connectivity index (χ3n) is 4.13. The fourth-order valence-electron chi connectivity index (χ4n) is 2.77. The number of carbonyl (C=O) groups excluding carboxylic acids is 2. The fraction of sp³-hybridized carbons (Fsp3) is 0.238. The first kappa shape index (κ1) is 17.7. The monoisotopic (exact) mass is 351 g/mol. The standard InChI is InChI=1S/C21H21NO4/c1-2-25-20(23)12-9-15-7-10-18(11-8-15)22-21(24)17-13-16-5-3-4-6-19(16)26-14-17/h3-12,17H,2,13-14H2,1H3,(H,22,24)/b12-9+. The van der Waals surface area contributed by atoms with E-state index >= 15 is 0 Å². The summed E-state index contributed by atoms with van der Waals surface area (Å²) < 4.78 is 10.5. The lowest BCUT2D eigenvalue weighted by Gasteiger charge is -2.24. The Morgan fingerprint density at radius 3 is 2.73 bits per heavy atom. The van der Waals surface area contributed by atoms with Gasteiger partial charge in [-0.3, -0.25) is 4.79 Å². The zero-order valence-electron chi connectivity index (χ0n) is 14.6. The number of amides is 1. The van der Waals surface area contributed by atoms with Gasteiger partial charge >= 0.3 is 5.97 Å². The van der Waals surface area contributed by atoms with Gasteiger partial charge < -0.3 is 14.8 Å². The number of hydrogen-bond donors (Lipinski definition) is 1. The lowest BCUT2D eigenvalue weighted by atomic mass is 9.96. The third-order valence-corrected chi connectivity index (χ3v) is 4.13. The molecule has 1 atom stereocenters. The molecule has 2 aromatic carbocycles. The molecule has 5 nitrogen and oxygen atoms in total. The van der Waals surface area contributed by atoms with Crippen molar-refractivity contribution in [2.75, 3.05) is 18.5 Å². The second-order valence-electron chi connectivity index (χ2n) is 6.02. The average Bonchev–Trinajstić information content (AvgIpc) is 2.67. The van der Waals surface area contributed by atoms with Gasteiger partial charge in [0.2, 0.25) is 5.91 Å². The number of anilines is 1. The number of fused-ring (bicyclic) bond motifs is 1. The molecule has 0 bridgehead atoms. The Morgan fingerprint density at radius 2 is 1.96 bits per heavy atom. The van der Waals surface area contributed by atoms with Crippen LogP contribution in [0.25, 0.3) is 6.08 Å². The van der Waals surface area contributed by atoms with Crippen LogP contribution in [0.2, 0.25) is 0 Å². The molecule has 134 valence electrons. The van der Waals surface area contributed by atoms with Gasteiger partial charge in [0.25, 0.3) is 0 Å². The molecule has 0 saturated carbocycles. The lowest BCUT2D eigenvalue weighted by molar-refractivity contribution is -0.137. The number of esters is 1. The Kier molecular flexibility index (Phi) is 5.69. The minimum Gasteiger partial charge on any atom is -0.492 e. The summed E-state index contributed by atoms with van der Waals surface area (Å²) in [6, 6.07) is 15.1. The number of benzene rings is 2. The topological polar surface area (TPSA) is 64.6 Å². The molecule has 0 aliphatic carbocycles. The predicted octanol–water partition coefficient (Wildman–Crippen LogP) is 3.45. The number of carbonyl (C=O) groups is 2. The van der Waals surface area contributed by atoms with Gasteiger partial charge in [-0.05, 0) is 48.7 Å². The summed E-state index contributed by atoms with van der Waals surface area (Å²) in [5.74, 6) is 0.208. The molecule has 1 aliphatic heterocycles. The maximum absolute atomic E-state index is 12.5. The molecule has 1 heterocycles. The van der Waals surface area contributed by atoms with Crippen molar-refractivity contribution in [2.45, 2.75) is 13.3 Å². The van der Waals surface area contributed by atoms with E-state index in [1.54, 1.807) is 25.1 Å². The van der Waals surface area contributed by atoms with Crippen LogP contribution in [0, 0.1) is 5.92 Å². The summed E-state index contributed by atoms with van der Waals surface area (Å²) >= 11 is 0. The average molecular weight is 351 g/mol. The molecular weight excluding hydrogens is 330 g/mol. The van der Waals surface area contributed by atoms with Gasteiger partial charge in [-0.2, -0.15) is 0 Å². The fourth-order valence-corrected chi connectivity index (χ4v) is 2.77. The van der Waals surface area contributed by atoms with E-state index in [2.05, 4.69) is 5.32 Å². The molecule has 0 fully saturated rings. The van der Waals surface area contributed by atoms with Gasteiger partial charge in [-0.15, -0.1) is 0 Å². The van der Waals surface area contributed by atoms with Crippen LogP contribution in [-0.2, 0) is 20.7 Å². The van der Waals surface area contributed by atoms with E-state index in [-0.39, 0.29) is 17.8 Å². The Bertz CT molecular complexity index is 811. The summed E-state index contributed by atoms with van der Waals surface area (Å²) in [6.07, 6.45) is 3.73. The van der Waals surface area contributed by atoms with Crippen LogP contribution in [0.1, 0.15) is 18.1 Å². The smallest absolute Gasteiger partial charge is 0.330 e. The first-order chi connectivity index (χ1) is 12.7. The molecular formula is C21H21NO4. The summed E-state index contributed by atoms with van der Waals surface area (Å²) in [5.41, 5.74) is 2.62. The highest BCUT2D eigenvalue weighted by atomic mass is 16.5. The summed E-state index contributed by atoms with van der Waals surface area (Å²) in [5, 5.41) is 2.92. The van der Waals surface area contributed by atoms with Crippen molar-refractivity contribution >= 4 is 23.6 Å². The van der Waals surface area contributed by atoms with Crippen molar-refractivity contribution in [2.24, 2.45) is 5.92 Å². The molecule has 1 amide bonds. The van der Waals surface area contributed by atoms with Gasteiger partial charge in [0.1, 0.15) is 12.4 Å². The Morgan fingerprint density at radius 1 is 1.19 bits per heavy atom. The van der Waals surface area contributed by atoms with Crippen LogP contribution >= 0.6 is 0 Å². The van der Waals surface area contributed by atoms with Crippen molar-refractivity contribution in [3.8, 4) is 5.75 Å². The SMILES string of the molecule is CCOC(=O)/C=C/c1ccc(NC(=O)C2COc3ccccc3C2)cc1. The largest absolute Gasteiger partial charge is 0.492 e. The zero-order valence-corrected chi connectivity index (χ0v) is 14.6. The van der Waals surface area contributed by atoms with Gasteiger partial charge in [0.05, 0.1) is 12.5 Å². The Hall–Kier alpha value is -3.08. The van der Waals surface area contributed by atoms with E-state index < -0.39 is 0 Å². The minimum atomic E-state index is -0.373. The molecule has 3 rings (SSSR count). The molecule has 0 spiro atoms.